The second-order valence-corrected chi connectivity index (χ2v) is 5.48. The van der Waals surface area contributed by atoms with E-state index >= 15 is 0 Å². The Bertz CT molecular complexity index is 609. The molecule has 4 heteroatoms. The molecule has 0 amide bonds. The van der Waals surface area contributed by atoms with Gasteiger partial charge in [-0.05, 0) is 24.1 Å². The van der Waals surface area contributed by atoms with Gasteiger partial charge in [-0.15, -0.1) is 0 Å². The standard InChI is InChI=1S/C18H20O4/c1-18(21)13-15(7-9-16(18)19)8-10-17(20)22-12-11-14-5-3-2-4-6-14/h2-10,19,21H,11-13H2,1H3/b10-8+. The van der Waals surface area contributed by atoms with Gasteiger partial charge < -0.3 is 14.9 Å². The van der Waals surface area contributed by atoms with Crippen LogP contribution in [0.4, 0.5) is 0 Å². The molecule has 2 N–H and O–H groups in total. The van der Waals surface area contributed by atoms with Crippen LogP contribution in [0.15, 0.2) is 66.0 Å². The minimum absolute atomic E-state index is 0.0740. The third-order valence-corrected chi connectivity index (χ3v) is 3.47. The number of hydrogen-bond acceptors (Lipinski definition) is 4. The number of ether oxygens (including phenoxy) is 1. The van der Waals surface area contributed by atoms with Gasteiger partial charge in [0.15, 0.2) is 0 Å². The van der Waals surface area contributed by atoms with E-state index in [4.69, 9.17) is 4.74 Å². The van der Waals surface area contributed by atoms with Gasteiger partial charge in [-0.1, -0.05) is 42.5 Å². The fraction of sp³-hybridized carbons (Fsp3) is 0.278. The van der Waals surface area contributed by atoms with Crippen molar-refractivity contribution in [2.45, 2.75) is 25.4 Å². The van der Waals surface area contributed by atoms with Crippen molar-refractivity contribution < 1.29 is 19.7 Å². The Balaban J connectivity index is 1.80. The van der Waals surface area contributed by atoms with Gasteiger partial charge in [0.2, 0.25) is 0 Å². The predicted molar refractivity (Wildman–Crippen MR) is 84.3 cm³/mol. The molecule has 0 saturated heterocycles. The molecule has 0 aliphatic heterocycles. The van der Waals surface area contributed by atoms with Crippen LogP contribution in [0.3, 0.4) is 0 Å². The molecule has 116 valence electrons. The molecule has 22 heavy (non-hydrogen) atoms. The molecule has 0 aromatic heterocycles. The first-order chi connectivity index (χ1) is 10.5. The van der Waals surface area contributed by atoms with Crippen LogP contribution in [-0.4, -0.2) is 28.4 Å². The summed E-state index contributed by atoms with van der Waals surface area (Å²) in [4.78, 5) is 11.6. The third kappa shape index (κ3) is 4.60. The molecule has 0 radical (unpaired) electrons. The largest absolute Gasteiger partial charge is 0.509 e. The summed E-state index contributed by atoms with van der Waals surface area (Å²) in [5.41, 5.74) is 0.583. The number of carbonyl (C=O) groups is 1. The average Bonchev–Trinajstić information content (AvgIpc) is 2.49. The van der Waals surface area contributed by atoms with Gasteiger partial charge in [0, 0.05) is 18.9 Å². The molecule has 1 aromatic rings. The zero-order valence-corrected chi connectivity index (χ0v) is 12.5. The van der Waals surface area contributed by atoms with Crippen molar-refractivity contribution in [1.82, 2.24) is 0 Å². The van der Waals surface area contributed by atoms with E-state index in [2.05, 4.69) is 0 Å². The fourth-order valence-electron chi connectivity index (χ4n) is 2.16. The fourth-order valence-corrected chi connectivity index (χ4v) is 2.16. The topological polar surface area (TPSA) is 66.8 Å². The van der Waals surface area contributed by atoms with E-state index in [-0.39, 0.29) is 12.2 Å². The molecule has 1 unspecified atom stereocenters. The average molecular weight is 300 g/mol. The first kappa shape index (κ1) is 16.0. The van der Waals surface area contributed by atoms with Crippen molar-refractivity contribution in [2.24, 2.45) is 0 Å². The molecule has 0 heterocycles. The molecular weight excluding hydrogens is 280 g/mol. The highest BCUT2D eigenvalue weighted by atomic mass is 16.5. The van der Waals surface area contributed by atoms with Gasteiger partial charge in [0.1, 0.15) is 11.4 Å². The van der Waals surface area contributed by atoms with Crippen LogP contribution in [0.1, 0.15) is 18.9 Å². The Labute approximate surface area is 130 Å². The molecule has 4 nitrogen and oxygen atoms in total. The highest BCUT2D eigenvalue weighted by molar-refractivity contribution is 5.82. The van der Waals surface area contributed by atoms with Crippen molar-refractivity contribution in [3.8, 4) is 0 Å². The summed E-state index contributed by atoms with van der Waals surface area (Å²) in [5.74, 6) is -0.495. The lowest BCUT2D eigenvalue weighted by molar-refractivity contribution is -0.137. The van der Waals surface area contributed by atoms with Crippen LogP contribution in [0.2, 0.25) is 0 Å². The maximum Gasteiger partial charge on any atom is 0.330 e. The Hall–Kier alpha value is -2.33. The SMILES string of the molecule is CC1(O)CC(/C=C/C(=O)OCCc2ccccc2)=CC=C1O. The number of hydrogen-bond donors (Lipinski definition) is 2. The molecule has 2 rings (SSSR count). The lowest BCUT2D eigenvalue weighted by Crippen LogP contribution is -2.29. The van der Waals surface area contributed by atoms with Gasteiger partial charge >= 0.3 is 5.97 Å². The lowest BCUT2D eigenvalue weighted by atomic mass is 9.89. The second-order valence-electron chi connectivity index (χ2n) is 5.48. The maximum atomic E-state index is 11.6. The second kappa shape index (κ2) is 7.09. The highest BCUT2D eigenvalue weighted by Gasteiger charge is 2.28. The van der Waals surface area contributed by atoms with Crippen molar-refractivity contribution in [3.63, 3.8) is 0 Å². The number of rotatable bonds is 5. The van der Waals surface area contributed by atoms with Crippen LogP contribution in [0.5, 0.6) is 0 Å². The predicted octanol–water partition coefficient (Wildman–Crippen LogP) is 2.85. The van der Waals surface area contributed by atoms with Gasteiger partial charge in [0.25, 0.3) is 0 Å². The summed E-state index contributed by atoms with van der Waals surface area (Å²) in [6.45, 7) is 1.85. The quantitative estimate of drug-likeness (QED) is 0.648. The van der Waals surface area contributed by atoms with Crippen LogP contribution in [0.25, 0.3) is 0 Å². The minimum atomic E-state index is -1.29. The molecule has 1 aromatic carbocycles. The van der Waals surface area contributed by atoms with Crippen LogP contribution in [-0.2, 0) is 16.0 Å². The Morgan fingerprint density at radius 3 is 2.73 bits per heavy atom. The molecule has 0 fully saturated rings. The number of carbonyl (C=O) groups excluding carboxylic acids is 1. The summed E-state index contributed by atoms with van der Waals surface area (Å²) < 4.78 is 5.13. The van der Waals surface area contributed by atoms with E-state index in [1.165, 1.54) is 19.1 Å². The van der Waals surface area contributed by atoms with Crippen molar-refractivity contribution >= 4 is 5.97 Å². The van der Waals surface area contributed by atoms with E-state index in [0.717, 1.165) is 11.1 Å². The summed E-state index contributed by atoms with van der Waals surface area (Å²) >= 11 is 0. The number of benzene rings is 1. The highest BCUT2D eigenvalue weighted by Crippen LogP contribution is 2.27. The molecule has 0 saturated carbocycles. The first-order valence-corrected chi connectivity index (χ1v) is 7.19. The van der Waals surface area contributed by atoms with Gasteiger partial charge in [-0.25, -0.2) is 4.79 Å². The van der Waals surface area contributed by atoms with Gasteiger partial charge in [-0.3, -0.25) is 0 Å². The molecule has 1 aliphatic carbocycles. The molecule has 1 atom stereocenters. The molecule has 0 spiro atoms. The van der Waals surface area contributed by atoms with Crippen molar-refractivity contribution in [3.05, 3.63) is 71.5 Å². The molecule has 1 aliphatic rings. The van der Waals surface area contributed by atoms with E-state index in [1.54, 1.807) is 12.2 Å². The number of aliphatic hydroxyl groups is 2. The van der Waals surface area contributed by atoms with Crippen molar-refractivity contribution in [2.75, 3.05) is 6.61 Å². The monoisotopic (exact) mass is 300 g/mol. The Kier molecular flexibility index (Phi) is 5.17. The summed E-state index contributed by atoms with van der Waals surface area (Å²) in [6.07, 6.45) is 6.97. The lowest BCUT2D eigenvalue weighted by Gasteiger charge is -2.25. The summed E-state index contributed by atoms with van der Waals surface area (Å²) in [6, 6.07) is 9.80. The Morgan fingerprint density at radius 1 is 1.32 bits per heavy atom. The number of aliphatic hydroxyl groups excluding tert-OH is 1. The smallest absolute Gasteiger partial charge is 0.330 e. The zero-order chi connectivity index (χ0) is 16.0. The van der Waals surface area contributed by atoms with Crippen molar-refractivity contribution in [1.29, 1.82) is 0 Å². The normalized spacial score (nSPS) is 21.4. The first-order valence-electron chi connectivity index (χ1n) is 7.19. The number of esters is 1. The van der Waals surface area contributed by atoms with E-state index in [0.29, 0.717) is 13.0 Å². The van der Waals surface area contributed by atoms with Crippen LogP contribution in [0, 0.1) is 0 Å². The summed E-state index contributed by atoms with van der Waals surface area (Å²) in [7, 11) is 0. The van der Waals surface area contributed by atoms with Crippen LogP contribution < -0.4 is 0 Å². The van der Waals surface area contributed by atoms with E-state index in [1.807, 2.05) is 30.3 Å². The number of allylic oxidation sites excluding steroid dienone is 3. The third-order valence-electron chi connectivity index (χ3n) is 3.47. The summed E-state index contributed by atoms with van der Waals surface area (Å²) in [5, 5.41) is 19.4. The Morgan fingerprint density at radius 2 is 2.05 bits per heavy atom. The minimum Gasteiger partial charge on any atom is -0.509 e. The maximum absolute atomic E-state index is 11.6. The molecular formula is C18H20O4. The van der Waals surface area contributed by atoms with E-state index < -0.39 is 11.6 Å². The molecule has 0 bridgehead atoms. The van der Waals surface area contributed by atoms with Gasteiger partial charge in [0.05, 0.1) is 6.61 Å². The van der Waals surface area contributed by atoms with E-state index in [9.17, 15) is 15.0 Å². The van der Waals surface area contributed by atoms with Gasteiger partial charge in [-0.2, -0.15) is 0 Å². The zero-order valence-electron chi connectivity index (χ0n) is 12.5. The van der Waals surface area contributed by atoms with Crippen LogP contribution >= 0.6 is 0 Å².